The molecule has 0 saturated heterocycles. The molecule has 1 N–H and O–H groups in total. The van der Waals surface area contributed by atoms with E-state index in [0.717, 1.165) is 17.1 Å². The minimum Gasteiger partial charge on any atom is -0.465 e. The fraction of sp³-hybridized carbons (Fsp3) is 0.308. The van der Waals surface area contributed by atoms with Crippen molar-refractivity contribution in [2.45, 2.75) is 26.4 Å². The Bertz CT molecular complexity index is 496. The summed E-state index contributed by atoms with van der Waals surface area (Å²) in [6, 6.07) is 5.43. The van der Waals surface area contributed by atoms with Gasteiger partial charge in [-0.15, -0.1) is 0 Å². The Balaban J connectivity index is 1.94. The second-order valence-corrected chi connectivity index (χ2v) is 4.06. The van der Waals surface area contributed by atoms with Crippen molar-refractivity contribution >= 4 is 0 Å². The largest absolute Gasteiger partial charge is 0.465 e. The van der Waals surface area contributed by atoms with Crippen LogP contribution in [0.2, 0.25) is 0 Å². The summed E-state index contributed by atoms with van der Waals surface area (Å²) >= 11 is 0. The summed E-state index contributed by atoms with van der Waals surface area (Å²) in [7, 11) is 0. The van der Waals surface area contributed by atoms with Gasteiger partial charge < -0.3 is 9.73 Å². The molecule has 2 aromatic heterocycles. The molecule has 0 radical (unpaired) electrons. The number of halogens is 1. The topological polar surface area (TPSA) is 38.1 Å². The molecule has 4 heteroatoms. The molecular weight excluding hydrogens is 219 g/mol. The number of aromatic nitrogens is 1. The second kappa shape index (κ2) is 5.10. The van der Waals surface area contributed by atoms with Crippen LogP contribution in [0, 0.1) is 12.7 Å². The lowest BCUT2D eigenvalue weighted by atomic mass is 10.2. The quantitative estimate of drug-likeness (QED) is 0.883. The third kappa shape index (κ3) is 3.14. The van der Waals surface area contributed by atoms with E-state index in [-0.39, 0.29) is 11.9 Å². The zero-order valence-corrected chi connectivity index (χ0v) is 9.90. The molecule has 1 atom stereocenters. The normalized spacial score (nSPS) is 12.6. The van der Waals surface area contributed by atoms with Crippen LogP contribution >= 0.6 is 0 Å². The number of hydrogen-bond acceptors (Lipinski definition) is 3. The number of rotatable bonds is 4. The van der Waals surface area contributed by atoms with E-state index in [1.54, 1.807) is 6.20 Å². The molecule has 0 amide bonds. The van der Waals surface area contributed by atoms with Gasteiger partial charge in [0.15, 0.2) is 0 Å². The summed E-state index contributed by atoms with van der Waals surface area (Å²) in [6.45, 7) is 4.48. The summed E-state index contributed by atoms with van der Waals surface area (Å²) in [6.07, 6.45) is 2.85. The average Bonchev–Trinajstić information content (AvgIpc) is 2.73. The summed E-state index contributed by atoms with van der Waals surface area (Å²) in [4.78, 5) is 3.80. The van der Waals surface area contributed by atoms with Crippen LogP contribution in [-0.2, 0) is 6.54 Å². The van der Waals surface area contributed by atoms with E-state index in [1.807, 2.05) is 26.0 Å². The van der Waals surface area contributed by atoms with Gasteiger partial charge in [0.1, 0.15) is 17.3 Å². The summed E-state index contributed by atoms with van der Waals surface area (Å²) in [5, 5.41) is 3.26. The summed E-state index contributed by atoms with van der Waals surface area (Å²) in [5.41, 5.74) is 0.820. The Morgan fingerprint density at radius 3 is 2.88 bits per heavy atom. The minimum absolute atomic E-state index is 0.0898. The van der Waals surface area contributed by atoms with Gasteiger partial charge in [0.25, 0.3) is 0 Å². The highest BCUT2D eigenvalue weighted by Crippen LogP contribution is 2.16. The van der Waals surface area contributed by atoms with Crippen molar-refractivity contribution in [1.82, 2.24) is 10.3 Å². The second-order valence-electron chi connectivity index (χ2n) is 4.06. The maximum atomic E-state index is 12.9. The summed E-state index contributed by atoms with van der Waals surface area (Å²) < 4.78 is 18.4. The molecule has 0 aliphatic heterocycles. The third-order valence-electron chi connectivity index (χ3n) is 2.56. The number of hydrogen-bond donors (Lipinski definition) is 1. The van der Waals surface area contributed by atoms with Crippen LogP contribution in [0.15, 0.2) is 35.0 Å². The monoisotopic (exact) mass is 234 g/mol. The van der Waals surface area contributed by atoms with Crippen LogP contribution in [-0.4, -0.2) is 4.98 Å². The first-order chi connectivity index (χ1) is 8.15. The highest BCUT2D eigenvalue weighted by Gasteiger charge is 2.08. The van der Waals surface area contributed by atoms with E-state index < -0.39 is 0 Å². The molecule has 0 spiro atoms. The van der Waals surface area contributed by atoms with E-state index in [0.29, 0.717) is 6.54 Å². The van der Waals surface area contributed by atoms with E-state index in [4.69, 9.17) is 4.42 Å². The molecule has 0 saturated carbocycles. The maximum Gasteiger partial charge on any atom is 0.141 e. The van der Waals surface area contributed by atoms with Crippen LogP contribution in [0.3, 0.4) is 0 Å². The van der Waals surface area contributed by atoms with E-state index in [2.05, 4.69) is 10.3 Å². The molecule has 0 fully saturated rings. The van der Waals surface area contributed by atoms with Gasteiger partial charge in [-0.25, -0.2) is 4.39 Å². The number of nitrogens with zero attached hydrogens (tertiary/aromatic N) is 1. The lowest BCUT2D eigenvalue weighted by molar-refractivity contribution is 0.415. The van der Waals surface area contributed by atoms with Gasteiger partial charge in [0, 0.05) is 12.7 Å². The van der Waals surface area contributed by atoms with Crippen molar-refractivity contribution in [3.05, 3.63) is 53.5 Å². The molecule has 2 rings (SSSR count). The van der Waals surface area contributed by atoms with Gasteiger partial charge >= 0.3 is 0 Å². The first-order valence-electron chi connectivity index (χ1n) is 5.54. The standard InChI is InChI=1S/C13H15FN2O/c1-9-3-4-13(17-9)10(2)16-7-11-5-12(14)8-15-6-11/h3-6,8,10,16H,7H2,1-2H3. The molecule has 2 heterocycles. The molecule has 90 valence electrons. The Kier molecular flexibility index (Phi) is 3.54. The molecule has 17 heavy (non-hydrogen) atoms. The molecule has 0 aliphatic carbocycles. The Morgan fingerprint density at radius 2 is 2.24 bits per heavy atom. The molecular formula is C13H15FN2O. The Labute approximate surface area is 99.7 Å². The zero-order valence-electron chi connectivity index (χ0n) is 9.90. The van der Waals surface area contributed by atoms with Crippen molar-refractivity contribution in [3.8, 4) is 0 Å². The molecule has 1 unspecified atom stereocenters. The minimum atomic E-state index is -0.314. The molecule has 2 aromatic rings. The van der Waals surface area contributed by atoms with Crippen molar-refractivity contribution in [1.29, 1.82) is 0 Å². The molecule has 3 nitrogen and oxygen atoms in total. The van der Waals surface area contributed by atoms with Crippen molar-refractivity contribution in [2.75, 3.05) is 0 Å². The fourth-order valence-corrected chi connectivity index (χ4v) is 1.61. The first-order valence-corrected chi connectivity index (χ1v) is 5.54. The first kappa shape index (κ1) is 11.8. The highest BCUT2D eigenvalue weighted by atomic mass is 19.1. The lowest BCUT2D eigenvalue weighted by Gasteiger charge is -2.11. The molecule has 0 aliphatic rings. The smallest absolute Gasteiger partial charge is 0.141 e. The number of pyridine rings is 1. The molecule has 0 bridgehead atoms. The third-order valence-corrected chi connectivity index (χ3v) is 2.56. The van der Waals surface area contributed by atoms with Crippen LogP contribution in [0.4, 0.5) is 4.39 Å². The predicted octanol–water partition coefficient (Wildman–Crippen LogP) is 2.97. The lowest BCUT2D eigenvalue weighted by Crippen LogP contribution is -2.17. The van der Waals surface area contributed by atoms with Gasteiger partial charge in [0.05, 0.1) is 12.2 Å². The van der Waals surface area contributed by atoms with Crippen molar-refractivity contribution < 1.29 is 8.81 Å². The van der Waals surface area contributed by atoms with Crippen LogP contribution in [0.1, 0.15) is 30.0 Å². The van der Waals surface area contributed by atoms with Gasteiger partial charge in [-0.3, -0.25) is 4.98 Å². The van der Waals surface area contributed by atoms with E-state index in [9.17, 15) is 4.39 Å². The van der Waals surface area contributed by atoms with Crippen molar-refractivity contribution in [3.63, 3.8) is 0 Å². The molecule has 0 aromatic carbocycles. The van der Waals surface area contributed by atoms with Crippen LogP contribution in [0.25, 0.3) is 0 Å². The maximum absolute atomic E-state index is 12.9. The number of furan rings is 1. The fourth-order valence-electron chi connectivity index (χ4n) is 1.61. The zero-order chi connectivity index (χ0) is 12.3. The van der Waals surface area contributed by atoms with Gasteiger partial charge in [-0.05, 0) is 37.6 Å². The van der Waals surface area contributed by atoms with E-state index in [1.165, 1.54) is 12.3 Å². The summed E-state index contributed by atoms with van der Waals surface area (Å²) in [5.74, 6) is 1.46. The SMILES string of the molecule is Cc1ccc(C(C)NCc2cncc(F)c2)o1. The van der Waals surface area contributed by atoms with Crippen LogP contribution in [0.5, 0.6) is 0 Å². The van der Waals surface area contributed by atoms with Crippen LogP contribution < -0.4 is 5.32 Å². The van der Waals surface area contributed by atoms with Gasteiger partial charge in [0.2, 0.25) is 0 Å². The number of nitrogens with one attached hydrogen (secondary N) is 1. The highest BCUT2D eigenvalue weighted by molar-refractivity contribution is 5.12. The van der Waals surface area contributed by atoms with Gasteiger partial charge in [-0.1, -0.05) is 0 Å². The van der Waals surface area contributed by atoms with Crippen molar-refractivity contribution in [2.24, 2.45) is 0 Å². The van der Waals surface area contributed by atoms with Gasteiger partial charge in [-0.2, -0.15) is 0 Å². The average molecular weight is 234 g/mol. The Hall–Kier alpha value is -1.68. The predicted molar refractivity (Wildman–Crippen MR) is 62.9 cm³/mol. The Morgan fingerprint density at radius 1 is 1.41 bits per heavy atom. The van der Waals surface area contributed by atoms with E-state index >= 15 is 0 Å². The number of aryl methyl sites for hydroxylation is 1.